The maximum atomic E-state index is 13.1. The molecule has 1 atom stereocenters. The molecule has 0 spiro atoms. The topological polar surface area (TPSA) is 99.9 Å². The Kier molecular flexibility index (Phi) is 6.56. The smallest absolute Gasteiger partial charge is 0.233 e. The van der Waals surface area contributed by atoms with E-state index in [1.165, 1.54) is 12.3 Å². The van der Waals surface area contributed by atoms with Crippen LogP contribution >= 0.6 is 11.6 Å². The molecular weight excluding hydrogens is 410 g/mol. The van der Waals surface area contributed by atoms with Gasteiger partial charge in [-0.15, -0.1) is 0 Å². The number of aromatic nitrogens is 1. The first-order valence-corrected chi connectivity index (χ1v) is 11.7. The van der Waals surface area contributed by atoms with Crippen LogP contribution in [0.15, 0.2) is 41.4 Å². The van der Waals surface area contributed by atoms with Crippen LogP contribution in [-0.4, -0.2) is 25.6 Å². The lowest BCUT2D eigenvalue weighted by Gasteiger charge is -2.21. The SMILES string of the molecule is CS(=O)(=O)c1ccc(C(CC2CCCC2)C(=O)Nc2ccc(C#N)cn2)cc1Cl. The molecule has 8 heteroatoms. The molecule has 1 N–H and O–H groups in total. The van der Waals surface area contributed by atoms with Gasteiger partial charge in [-0.25, -0.2) is 13.4 Å². The highest BCUT2D eigenvalue weighted by atomic mass is 35.5. The Hall–Kier alpha value is -2.43. The standard InChI is InChI=1S/C21H22ClN3O3S/c1-29(27,28)19-8-7-16(11-18(19)22)17(10-14-4-2-3-5-14)21(26)25-20-9-6-15(12-23)13-24-20/h6-9,11,13-14,17H,2-5,10H2,1H3,(H,24,25,26). The summed E-state index contributed by atoms with van der Waals surface area (Å²) < 4.78 is 23.7. The van der Waals surface area contributed by atoms with E-state index in [4.69, 9.17) is 16.9 Å². The first kappa shape index (κ1) is 21.3. The zero-order valence-corrected chi connectivity index (χ0v) is 17.6. The maximum absolute atomic E-state index is 13.1. The van der Waals surface area contributed by atoms with Crippen LogP contribution in [0.4, 0.5) is 5.82 Å². The van der Waals surface area contributed by atoms with Crippen molar-refractivity contribution < 1.29 is 13.2 Å². The normalized spacial score (nSPS) is 15.6. The zero-order valence-electron chi connectivity index (χ0n) is 16.1. The fourth-order valence-corrected chi connectivity index (χ4v) is 5.09. The molecule has 1 aromatic heterocycles. The summed E-state index contributed by atoms with van der Waals surface area (Å²) in [7, 11) is -3.44. The predicted octanol–water partition coefficient (Wildman–Crippen LogP) is 4.31. The predicted molar refractivity (Wildman–Crippen MR) is 111 cm³/mol. The number of hydrogen-bond acceptors (Lipinski definition) is 5. The van der Waals surface area contributed by atoms with Crippen LogP contribution in [0.5, 0.6) is 0 Å². The van der Waals surface area contributed by atoms with Gasteiger partial charge >= 0.3 is 0 Å². The van der Waals surface area contributed by atoms with Gasteiger partial charge in [-0.1, -0.05) is 43.4 Å². The number of benzene rings is 1. The van der Waals surface area contributed by atoms with Crippen LogP contribution in [0.2, 0.25) is 5.02 Å². The number of anilines is 1. The first-order chi connectivity index (χ1) is 13.8. The number of carbonyl (C=O) groups is 1. The van der Waals surface area contributed by atoms with Crippen molar-refractivity contribution in [2.45, 2.75) is 42.9 Å². The summed E-state index contributed by atoms with van der Waals surface area (Å²) in [5.41, 5.74) is 1.09. The average molecular weight is 432 g/mol. The van der Waals surface area contributed by atoms with Gasteiger partial charge in [-0.3, -0.25) is 4.79 Å². The second-order valence-corrected chi connectivity index (χ2v) is 9.83. The third kappa shape index (κ3) is 5.34. The number of carbonyl (C=O) groups excluding carboxylic acids is 1. The molecule has 1 heterocycles. The molecule has 1 amide bonds. The number of halogens is 1. The number of nitrogens with one attached hydrogen (secondary N) is 1. The van der Waals surface area contributed by atoms with Gasteiger partial charge in [0.2, 0.25) is 5.91 Å². The number of nitrogens with zero attached hydrogens (tertiary/aromatic N) is 2. The van der Waals surface area contributed by atoms with Crippen LogP contribution in [0, 0.1) is 17.2 Å². The van der Waals surface area contributed by atoms with Crippen molar-refractivity contribution in [3.05, 3.63) is 52.7 Å². The van der Waals surface area contributed by atoms with Crippen LogP contribution in [0.3, 0.4) is 0 Å². The molecule has 1 fully saturated rings. The molecule has 0 bridgehead atoms. The minimum atomic E-state index is -3.44. The lowest BCUT2D eigenvalue weighted by atomic mass is 9.87. The highest BCUT2D eigenvalue weighted by Crippen LogP contribution is 2.36. The van der Waals surface area contributed by atoms with E-state index in [1.807, 2.05) is 6.07 Å². The van der Waals surface area contributed by atoms with Crippen LogP contribution in [-0.2, 0) is 14.6 Å². The van der Waals surface area contributed by atoms with E-state index < -0.39 is 15.8 Å². The Morgan fingerprint density at radius 3 is 2.59 bits per heavy atom. The number of rotatable bonds is 6. The highest BCUT2D eigenvalue weighted by Gasteiger charge is 2.28. The van der Waals surface area contributed by atoms with Crippen molar-refractivity contribution in [3.8, 4) is 6.07 Å². The molecule has 152 valence electrons. The number of sulfone groups is 1. The minimum Gasteiger partial charge on any atom is -0.310 e. The molecule has 1 aliphatic carbocycles. The van der Waals surface area contributed by atoms with Gasteiger partial charge in [0, 0.05) is 12.5 Å². The van der Waals surface area contributed by atoms with Crippen molar-refractivity contribution in [3.63, 3.8) is 0 Å². The summed E-state index contributed by atoms with van der Waals surface area (Å²) in [5, 5.41) is 11.8. The van der Waals surface area contributed by atoms with Crippen molar-refractivity contribution in [2.24, 2.45) is 5.92 Å². The Labute approximate surface area is 175 Å². The first-order valence-electron chi connectivity index (χ1n) is 9.44. The van der Waals surface area contributed by atoms with E-state index in [0.29, 0.717) is 29.3 Å². The van der Waals surface area contributed by atoms with E-state index in [0.717, 1.165) is 31.9 Å². The third-order valence-corrected chi connectivity index (χ3v) is 6.84. The molecule has 0 saturated heterocycles. The largest absolute Gasteiger partial charge is 0.310 e. The fraction of sp³-hybridized carbons (Fsp3) is 0.381. The van der Waals surface area contributed by atoms with Crippen LogP contribution in [0.1, 0.15) is 49.1 Å². The number of amides is 1. The molecule has 1 aromatic carbocycles. The van der Waals surface area contributed by atoms with E-state index >= 15 is 0 Å². The number of pyridine rings is 1. The maximum Gasteiger partial charge on any atom is 0.233 e. The molecular formula is C21H22ClN3O3S. The number of hydrogen-bond donors (Lipinski definition) is 1. The molecule has 0 radical (unpaired) electrons. The molecule has 2 aromatic rings. The van der Waals surface area contributed by atoms with Crippen molar-refractivity contribution >= 4 is 33.2 Å². The number of nitriles is 1. The summed E-state index contributed by atoms with van der Waals surface area (Å²) in [5.74, 6) is 0.108. The molecule has 1 unspecified atom stereocenters. The fourth-order valence-electron chi connectivity index (χ4n) is 3.76. The Morgan fingerprint density at radius 2 is 2.03 bits per heavy atom. The Morgan fingerprint density at radius 1 is 1.31 bits per heavy atom. The Balaban J connectivity index is 1.88. The molecule has 1 aliphatic rings. The van der Waals surface area contributed by atoms with E-state index in [1.54, 1.807) is 24.3 Å². The van der Waals surface area contributed by atoms with Crippen molar-refractivity contribution in [1.82, 2.24) is 4.98 Å². The second-order valence-electron chi connectivity index (χ2n) is 7.43. The molecule has 3 rings (SSSR count). The van der Waals surface area contributed by atoms with Crippen molar-refractivity contribution in [2.75, 3.05) is 11.6 Å². The van der Waals surface area contributed by atoms with Gasteiger partial charge in [-0.05, 0) is 42.2 Å². The van der Waals surface area contributed by atoms with E-state index in [9.17, 15) is 13.2 Å². The van der Waals surface area contributed by atoms with Crippen LogP contribution < -0.4 is 5.32 Å². The lowest BCUT2D eigenvalue weighted by Crippen LogP contribution is -2.23. The summed E-state index contributed by atoms with van der Waals surface area (Å²) in [4.78, 5) is 17.2. The van der Waals surface area contributed by atoms with Gasteiger partial charge < -0.3 is 5.32 Å². The van der Waals surface area contributed by atoms with E-state index in [-0.39, 0.29) is 15.8 Å². The summed E-state index contributed by atoms with van der Waals surface area (Å²) in [6.07, 6.45) is 7.64. The zero-order chi connectivity index (χ0) is 21.0. The molecule has 29 heavy (non-hydrogen) atoms. The Bertz CT molecular complexity index is 1040. The van der Waals surface area contributed by atoms with E-state index in [2.05, 4.69) is 10.3 Å². The lowest BCUT2D eigenvalue weighted by molar-refractivity contribution is -0.118. The van der Waals surface area contributed by atoms with Gasteiger partial charge in [0.05, 0.1) is 21.4 Å². The van der Waals surface area contributed by atoms with Crippen LogP contribution in [0.25, 0.3) is 0 Å². The van der Waals surface area contributed by atoms with Gasteiger partial charge in [0.25, 0.3) is 0 Å². The third-order valence-electron chi connectivity index (χ3n) is 5.26. The average Bonchev–Trinajstić information content (AvgIpc) is 3.19. The molecule has 0 aliphatic heterocycles. The highest BCUT2D eigenvalue weighted by molar-refractivity contribution is 7.90. The quantitative estimate of drug-likeness (QED) is 0.734. The molecule has 6 nitrogen and oxygen atoms in total. The summed E-state index contributed by atoms with van der Waals surface area (Å²) in [6.45, 7) is 0. The summed E-state index contributed by atoms with van der Waals surface area (Å²) >= 11 is 6.22. The van der Waals surface area contributed by atoms with Gasteiger partial charge in [0.1, 0.15) is 11.9 Å². The van der Waals surface area contributed by atoms with Gasteiger partial charge in [0.15, 0.2) is 9.84 Å². The van der Waals surface area contributed by atoms with Crippen molar-refractivity contribution in [1.29, 1.82) is 5.26 Å². The molecule has 1 saturated carbocycles. The van der Waals surface area contributed by atoms with Gasteiger partial charge in [-0.2, -0.15) is 5.26 Å². The monoisotopic (exact) mass is 431 g/mol. The second kappa shape index (κ2) is 8.93. The summed E-state index contributed by atoms with van der Waals surface area (Å²) in [6, 6.07) is 9.86. The minimum absolute atomic E-state index is 0.0525.